The molecule has 0 amide bonds. The van der Waals surface area contributed by atoms with E-state index < -0.39 is 0 Å². The number of hydrogen-bond acceptors (Lipinski definition) is 5. The highest BCUT2D eigenvalue weighted by Gasteiger charge is 2.24. The monoisotopic (exact) mass is 538 g/mol. The van der Waals surface area contributed by atoms with Gasteiger partial charge in [0.1, 0.15) is 0 Å². The van der Waals surface area contributed by atoms with E-state index in [1.165, 1.54) is 9.75 Å². The molecule has 2 atom stereocenters. The Morgan fingerprint density at radius 2 is 2.00 bits per heavy atom. The Morgan fingerprint density at radius 3 is 2.59 bits per heavy atom. The van der Waals surface area contributed by atoms with Gasteiger partial charge in [-0.05, 0) is 44.7 Å². The number of morpholine rings is 1. The number of rotatable bonds is 11. The van der Waals surface area contributed by atoms with Crippen molar-refractivity contribution >= 4 is 41.3 Å². The Labute approximate surface area is 197 Å². The summed E-state index contributed by atoms with van der Waals surface area (Å²) in [5.41, 5.74) is 0. The fourth-order valence-electron chi connectivity index (χ4n) is 3.60. The molecular formula is C21H39IN4O2S. The molecule has 0 aromatic carbocycles. The maximum absolute atomic E-state index is 9.29. The molecular weight excluding hydrogens is 499 g/mol. The average Bonchev–Trinajstić information content (AvgIpc) is 3.13. The first-order valence-corrected chi connectivity index (χ1v) is 11.5. The quantitative estimate of drug-likeness (QED) is 0.229. The molecule has 0 radical (unpaired) electrons. The van der Waals surface area contributed by atoms with E-state index >= 15 is 0 Å². The number of nitrogens with one attached hydrogen (secondary N) is 2. The maximum Gasteiger partial charge on any atom is 0.191 e. The highest BCUT2D eigenvalue weighted by Crippen LogP contribution is 2.27. The van der Waals surface area contributed by atoms with Gasteiger partial charge in [-0.2, -0.15) is 0 Å². The van der Waals surface area contributed by atoms with E-state index in [0.717, 1.165) is 71.2 Å². The molecule has 2 rings (SSSR count). The molecule has 2 unspecified atom stereocenters. The van der Waals surface area contributed by atoms with Crippen molar-refractivity contribution in [2.24, 2.45) is 10.9 Å². The predicted octanol–water partition coefficient (Wildman–Crippen LogP) is 3.40. The molecule has 168 valence electrons. The van der Waals surface area contributed by atoms with Gasteiger partial charge in [0.25, 0.3) is 0 Å². The van der Waals surface area contributed by atoms with E-state index in [9.17, 15) is 5.11 Å². The normalized spacial score (nSPS) is 17.4. The molecule has 2 heterocycles. The van der Waals surface area contributed by atoms with Crippen LogP contribution in [0.3, 0.4) is 0 Å². The molecule has 6 nitrogen and oxygen atoms in total. The summed E-state index contributed by atoms with van der Waals surface area (Å²) in [5, 5.41) is 16.2. The number of halogens is 1. The van der Waals surface area contributed by atoms with E-state index in [0.29, 0.717) is 12.0 Å². The Bertz CT molecular complexity index is 573. The lowest BCUT2D eigenvalue weighted by molar-refractivity contribution is 0.0177. The molecule has 0 aliphatic carbocycles. The first-order chi connectivity index (χ1) is 13.7. The summed E-state index contributed by atoms with van der Waals surface area (Å²) in [7, 11) is 0. The van der Waals surface area contributed by atoms with E-state index in [1.54, 1.807) is 0 Å². The zero-order valence-electron chi connectivity index (χ0n) is 18.2. The van der Waals surface area contributed by atoms with Crippen LogP contribution in [0.15, 0.2) is 17.1 Å². The van der Waals surface area contributed by atoms with E-state index in [-0.39, 0.29) is 30.6 Å². The molecule has 29 heavy (non-hydrogen) atoms. The van der Waals surface area contributed by atoms with E-state index in [2.05, 4.69) is 48.4 Å². The zero-order valence-corrected chi connectivity index (χ0v) is 21.3. The van der Waals surface area contributed by atoms with Crippen LogP contribution in [0.5, 0.6) is 0 Å². The fourth-order valence-corrected chi connectivity index (χ4v) is 4.62. The van der Waals surface area contributed by atoms with Crippen molar-refractivity contribution in [1.82, 2.24) is 15.5 Å². The molecule has 1 aliphatic rings. The number of thiophene rings is 1. The summed E-state index contributed by atoms with van der Waals surface area (Å²) in [6.45, 7) is 12.6. The Hall–Kier alpha value is -0.420. The topological polar surface area (TPSA) is 69.1 Å². The Balaban J connectivity index is 0.00000420. The molecule has 3 N–H and O–H groups in total. The molecule has 8 heteroatoms. The Kier molecular flexibility index (Phi) is 14.1. The van der Waals surface area contributed by atoms with Gasteiger partial charge < -0.3 is 20.5 Å². The van der Waals surface area contributed by atoms with Crippen LogP contribution in [-0.4, -0.2) is 68.5 Å². The van der Waals surface area contributed by atoms with Crippen LogP contribution >= 0.6 is 35.3 Å². The van der Waals surface area contributed by atoms with Crippen LogP contribution in [0.1, 0.15) is 48.9 Å². The van der Waals surface area contributed by atoms with Crippen LogP contribution in [0, 0.1) is 12.8 Å². The molecule has 0 saturated carbocycles. The number of aliphatic hydroxyl groups excluding tert-OH is 1. The second-order valence-corrected chi connectivity index (χ2v) is 8.70. The largest absolute Gasteiger partial charge is 0.396 e. The fraction of sp³-hybridized carbons (Fsp3) is 0.762. The minimum Gasteiger partial charge on any atom is -0.396 e. The number of nitrogens with zero attached hydrogens (tertiary/aromatic N) is 2. The number of aliphatic imine (C=N–C) groups is 1. The summed E-state index contributed by atoms with van der Waals surface area (Å²) in [5.74, 6) is 1.31. The van der Waals surface area contributed by atoms with E-state index in [4.69, 9.17) is 9.73 Å². The number of aliphatic hydroxyl groups is 1. The number of hydrogen-bond donors (Lipinski definition) is 3. The van der Waals surface area contributed by atoms with Crippen LogP contribution in [-0.2, 0) is 4.74 Å². The van der Waals surface area contributed by atoms with Gasteiger partial charge in [-0.25, -0.2) is 0 Å². The second-order valence-electron chi connectivity index (χ2n) is 7.38. The number of aryl methyl sites for hydroxylation is 1. The second kappa shape index (κ2) is 15.4. The third-order valence-corrected chi connectivity index (χ3v) is 6.23. The molecule has 1 aliphatic heterocycles. The third kappa shape index (κ3) is 9.50. The van der Waals surface area contributed by atoms with Crippen LogP contribution in [0.2, 0.25) is 0 Å². The smallest absolute Gasteiger partial charge is 0.191 e. The first kappa shape index (κ1) is 26.6. The standard InChI is InChI=1S/C21H38N4O2S.HI/c1-4-6-18(9-12-26)15-23-21(22-5-2)24-16-19(20-8-7-17(3)28-20)25-10-13-27-14-11-25;/h7-8,18-19,26H,4-6,9-16H2,1-3H3,(H2,22,23,24);1H. The summed E-state index contributed by atoms with van der Waals surface area (Å²) >= 11 is 1.88. The molecule has 0 bridgehead atoms. The van der Waals surface area contributed by atoms with Gasteiger partial charge >= 0.3 is 0 Å². The lowest BCUT2D eigenvalue weighted by atomic mass is 10.0. The summed E-state index contributed by atoms with van der Waals surface area (Å²) in [6.07, 6.45) is 3.05. The van der Waals surface area contributed by atoms with Crippen molar-refractivity contribution in [3.8, 4) is 0 Å². The van der Waals surface area contributed by atoms with Gasteiger partial charge in [0, 0.05) is 49.1 Å². The van der Waals surface area contributed by atoms with E-state index in [1.807, 2.05) is 11.3 Å². The van der Waals surface area contributed by atoms with Crippen LogP contribution in [0.4, 0.5) is 0 Å². The SMILES string of the molecule is CCCC(CCO)CN=C(NCC)NCC(c1ccc(C)s1)N1CCOCC1.I. The highest BCUT2D eigenvalue weighted by atomic mass is 127. The summed E-state index contributed by atoms with van der Waals surface area (Å²) in [6, 6.07) is 4.79. The molecule has 1 aromatic heterocycles. The average molecular weight is 539 g/mol. The van der Waals surface area contributed by atoms with Crippen molar-refractivity contribution in [1.29, 1.82) is 0 Å². The third-order valence-electron chi connectivity index (χ3n) is 5.12. The maximum atomic E-state index is 9.29. The van der Waals surface area contributed by atoms with Gasteiger partial charge in [0.2, 0.25) is 0 Å². The molecule has 1 aromatic rings. The lowest BCUT2D eigenvalue weighted by Gasteiger charge is -2.34. The highest BCUT2D eigenvalue weighted by molar-refractivity contribution is 14.0. The van der Waals surface area contributed by atoms with Gasteiger partial charge in [-0.1, -0.05) is 13.3 Å². The number of ether oxygens (including phenoxy) is 1. The van der Waals surface area contributed by atoms with Crippen LogP contribution < -0.4 is 10.6 Å². The predicted molar refractivity (Wildman–Crippen MR) is 134 cm³/mol. The van der Waals surface area contributed by atoms with Gasteiger partial charge in [0.05, 0.1) is 19.3 Å². The zero-order chi connectivity index (χ0) is 20.2. The van der Waals surface area contributed by atoms with Crippen LogP contribution in [0.25, 0.3) is 0 Å². The summed E-state index contributed by atoms with van der Waals surface area (Å²) < 4.78 is 5.55. The molecule has 0 spiro atoms. The van der Waals surface area contributed by atoms with Gasteiger partial charge in [0.15, 0.2) is 5.96 Å². The Morgan fingerprint density at radius 1 is 1.24 bits per heavy atom. The van der Waals surface area contributed by atoms with Crippen molar-refractivity contribution in [2.45, 2.75) is 46.1 Å². The van der Waals surface area contributed by atoms with Crippen molar-refractivity contribution in [3.63, 3.8) is 0 Å². The molecule has 1 fully saturated rings. The van der Waals surface area contributed by atoms with Crippen molar-refractivity contribution < 1.29 is 9.84 Å². The number of guanidine groups is 1. The van der Waals surface area contributed by atoms with Gasteiger partial charge in [-0.3, -0.25) is 9.89 Å². The lowest BCUT2D eigenvalue weighted by Crippen LogP contribution is -2.46. The molecule has 1 saturated heterocycles. The summed E-state index contributed by atoms with van der Waals surface area (Å²) in [4.78, 5) is 10.1. The minimum atomic E-state index is 0. The first-order valence-electron chi connectivity index (χ1n) is 10.7. The van der Waals surface area contributed by atoms with Gasteiger partial charge in [-0.15, -0.1) is 35.3 Å². The minimum absolute atomic E-state index is 0. The van der Waals surface area contributed by atoms with Crippen molar-refractivity contribution in [3.05, 3.63) is 21.9 Å². The van der Waals surface area contributed by atoms with Crippen molar-refractivity contribution in [2.75, 3.05) is 52.5 Å².